The Morgan fingerprint density at radius 1 is 1.25 bits per heavy atom. The maximum absolute atomic E-state index is 14.2. The van der Waals surface area contributed by atoms with E-state index in [4.69, 9.17) is 0 Å². The van der Waals surface area contributed by atoms with Crippen molar-refractivity contribution in [2.45, 2.75) is 12.8 Å². The van der Waals surface area contributed by atoms with Gasteiger partial charge in [0.15, 0.2) is 5.65 Å². The Morgan fingerprint density at radius 2 is 2.12 bits per heavy atom. The van der Waals surface area contributed by atoms with Gasteiger partial charge in [-0.25, -0.2) is 9.37 Å². The molecule has 1 aliphatic heterocycles. The molecule has 3 aromatic rings. The van der Waals surface area contributed by atoms with Crippen molar-refractivity contribution in [2.75, 3.05) is 24.6 Å². The van der Waals surface area contributed by atoms with Crippen LogP contribution in [0.2, 0.25) is 0 Å². The van der Waals surface area contributed by atoms with Gasteiger partial charge in [0.1, 0.15) is 11.6 Å². The van der Waals surface area contributed by atoms with Crippen molar-refractivity contribution in [1.29, 1.82) is 0 Å². The van der Waals surface area contributed by atoms with E-state index in [1.165, 1.54) is 6.07 Å². The van der Waals surface area contributed by atoms with Gasteiger partial charge in [0.25, 0.3) is 0 Å². The van der Waals surface area contributed by atoms with Crippen LogP contribution in [0.3, 0.4) is 0 Å². The SMILES string of the molecule is OC[C@@H]1CCCN(c2cc(-c3ccccc3F)nc3ccnn23)C1. The summed E-state index contributed by atoms with van der Waals surface area (Å²) in [6, 6.07) is 10.4. The van der Waals surface area contributed by atoms with Crippen molar-refractivity contribution < 1.29 is 9.50 Å². The van der Waals surface area contributed by atoms with Gasteiger partial charge in [-0.2, -0.15) is 9.61 Å². The number of aromatic nitrogens is 3. The number of hydrogen-bond acceptors (Lipinski definition) is 4. The summed E-state index contributed by atoms with van der Waals surface area (Å²) in [6.45, 7) is 1.85. The van der Waals surface area contributed by atoms with E-state index in [0.717, 1.165) is 31.7 Å². The van der Waals surface area contributed by atoms with Crippen LogP contribution in [0.4, 0.5) is 10.2 Å². The number of piperidine rings is 1. The average molecular weight is 326 g/mol. The van der Waals surface area contributed by atoms with E-state index in [1.54, 1.807) is 22.8 Å². The van der Waals surface area contributed by atoms with Gasteiger partial charge in [-0.1, -0.05) is 12.1 Å². The quantitative estimate of drug-likeness (QED) is 0.804. The normalized spacial score (nSPS) is 18.2. The third-order valence-electron chi connectivity index (χ3n) is 4.59. The highest BCUT2D eigenvalue weighted by molar-refractivity contribution is 5.67. The minimum Gasteiger partial charge on any atom is -0.396 e. The predicted octanol–water partition coefficient (Wildman–Crippen LogP) is 2.74. The second kappa shape index (κ2) is 6.20. The molecule has 1 fully saturated rings. The molecule has 0 bridgehead atoms. The van der Waals surface area contributed by atoms with Crippen LogP contribution in [0.15, 0.2) is 42.6 Å². The number of aliphatic hydroxyl groups excluding tert-OH is 1. The summed E-state index contributed by atoms with van der Waals surface area (Å²) in [6.07, 6.45) is 3.75. The topological polar surface area (TPSA) is 53.7 Å². The van der Waals surface area contributed by atoms with Crippen LogP contribution in [0.25, 0.3) is 16.9 Å². The van der Waals surface area contributed by atoms with Gasteiger partial charge in [-0.05, 0) is 30.9 Å². The van der Waals surface area contributed by atoms with Crippen molar-refractivity contribution >= 4 is 11.5 Å². The molecule has 0 aliphatic carbocycles. The predicted molar refractivity (Wildman–Crippen MR) is 90.4 cm³/mol. The van der Waals surface area contributed by atoms with Crippen molar-refractivity contribution in [3.63, 3.8) is 0 Å². The second-order valence-corrected chi connectivity index (χ2v) is 6.22. The monoisotopic (exact) mass is 326 g/mol. The van der Waals surface area contributed by atoms with Crippen LogP contribution in [0.5, 0.6) is 0 Å². The highest BCUT2D eigenvalue weighted by Crippen LogP contribution is 2.28. The number of anilines is 1. The molecule has 1 aromatic carbocycles. The van der Waals surface area contributed by atoms with E-state index in [9.17, 15) is 9.50 Å². The standard InChI is InChI=1S/C18H19FN4O/c19-15-6-2-1-5-14(15)16-10-18(23-17(21-16)7-8-20-23)22-9-3-4-13(11-22)12-24/h1-2,5-8,10,13,24H,3-4,9,11-12H2/t13-/m1/s1. The number of rotatable bonds is 3. The lowest BCUT2D eigenvalue weighted by atomic mass is 9.99. The molecule has 5 nitrogen and oxygen atoms in total. The van der Waals surface area contributed by atoms with E-state index in [0.29, 0.717) is 16.9 Å². The molecule has 1 atom stereocenters. The van der Waals surface area contributed by atoms with Gasteiger partial charge in [0.2, 0.25) is 0 Å². The Morgan fingerprint density at radius 3 is 2.96 bits per heavy atom. The number of nitrogens with zero attached hydrogens (tertiary/aromatic N) is 4. The van der Waals surface area contributed by atoms with Gasteiger partial charge in [-0.15, -0.1) is 0 Å². The lowest BCUT2D eigenvalue weighted by Crippen LogP contribution is -2.38. The molecular formula is C18H19FN4O. The summed E-state index contributed by atoms with van der Waals surface area (Å²) in [7, 11) is 0. The molecule has 0 saturated carbocycles. The number of aliphatic hydroxyl groups is 1. The van der Waals surface area contributed by atoms with Gasteiger partial charge in [0.05, 0.1) is 11.9 Å². The summed E-state index contributed by atoms with van der Waals surface area (Å²) < 4.78 is 16.0. The van der Waals surface area contributed by atoms with Crippen LogP contribution < -0.4 is 4.90 Å². The zero-order valence-corrected chi connectivity index (χ0v) is 13.3. The molecule has 6 heteroatoms. The summed E-state index contributed by atoms with van der Waals surface area (Å²) in [5, 5.41) is 13.8. The summed E-state index contributed by atoms with van der Waals surface area (Å²) >= 11 is 0. The van der Waals surface area contributed by atoms with Crippen LogP contribution in [-0.2, 0) is 0 Å². The molecule has 3 heterocycles. The molecule has 24 heavy (non-hydrogen) atoms. The van der Waals surface area contributed by atoms with Crippen molar-refractivity contribution in [1.82, 2.24) is 14.6 Å². The number of halogens is 1. The minimum absolute atomic E-state index is 0.185. The van der Waals surface area contributed by atoms with E-state index >= 15 is 0 Å². The first-order chi connectivity index (χ1) is 11.8. The fraction of sp³-hybridized carbons (Fsp3) is 0.333. The van der Waals surface area contributed by atoms with E-state index in [-0.39, 0.29) is 18.3 Å². The lowest BCUT2D eigenvalue weighted by Gasteiger charge is -2.33. The summed E-state index contributed by atoms with van der Waals surface area (Å²) in [5.74, 6) is 0.863. The molecule has 124 valence electrons. The molecule has 0 spiro atoms. The van der Waals surface area contributed by atoms with Crippen LogP contribution in [-0.4, -0.2) is 39.4 Å². The summed E-state index contributed by atoms with van der Waals surface area (Å²) in [5.41, 5.74) is 1.78. The lowest BCUT2D eigenvalue weighted by molar-refractivity contribution is 0.208. The third-order valence-corrected chi connectivity index (χ3v) is 4.59. The first-order valence-corrected chi connectivity index (χ1v) is 8.22. The molecule has 1 N–H and O–H groups in total. The third kappa shape index (κ3) is 2.63. The highest BCUT2D eigenvalue weighted by Gasteiger charge is 2.22. The smallest absolute Gasteiger partial charge is 0.157 e. The Balaban J connectivity index is 1.83. The largest absolute Gasteiger partial charge is 0.396 e. The Hall–Kier alpha value is -2.47. The average Bonchev–Trinajstić information content (AvgIpc) is 3.10. The fourth-order valence-electron chi connectivity index (χ4n) is 3.35. The van der Waals surface area contributed by atoms with Gasteiger partial charge in [-0.3, -0.25) is 0 Å². The van der Waals surface area contributed by atoms with Crippen molar-refractivity contribution in [3.05, 3.63) is 48.4 Å². The van der Waals surface area contributed by atoms with Gasteiger partial charge in [0, 0.05) is 37.4 Å². The second-order valence-electron chi connectivity index (χ2n) is 6.22. The first kappa shape index (κ1) is 15.1. The molecule has 4 rings (SSSR count). The maximum Gasteiger partial charge on any atom is 0.157 e. The van der Waals surface area contributed by atoms with Crippen LogP contribution >= 0.6 is 0 Å². The molecule has 1 saturated heterocycles. The zero-order valence-electron chi connectivity index (χ0n) is 13.3. The van der Waals surface area contributed by atoms with Gasteiger partial charge >= 0.3 is 0 Å². The Bertz CT molecular complexity index is 863. The summed E-state index contributed by atoms with van der Waals surface area (Å²) in [4.78, 5) is 6.75. The van der Waals surface area contributed by atoms with Crippen molar-refractivity contribution in [3.8, 4) is 11.3 Å². The van der Waals surface area contributed by atoms with Crippen molar-refractivity contribution in [2.24, 2.45) is 5.92 Å². The number of hydrogen-bond donors (Lipinski definition) is 1. The molecular weight excluding hydrogens is 307 g/mol. The molecule has 1 aliphatic rings. The maximum atomic E-state index is 14.2. The van der Waals surface area contributed by atoms with E-state index in [1.807, 2.05) is 18.2 Å². The molecule has 2 aromatic heterocycles. The van der Waals surface area contributed by atoms with Gasteiger partial charge < -0.3 is 10.0 Å². The van der Waals surface area contributed by atoms with Crippen LogP contribution in [0, 0.1) is 11.7 Å². The number of benzene rings is 1. The van der Waals surface area contributed by atoms with E-state index < -0.39 is 0 Å². The molecule has 0 amide bonds. The molecule has 0 radical (unpaired) electrons. The zero-order chi connectivity index (χ0) is 16.5. The fourth-order valence-corrected chi connectivity index (χ4v) is 3.35. The highest BCUT2D eigenvalue weighted by atomic mass is 19.1. The Kier molecular flexibility index (Phi) is 3.90. The first-order valence-electron chi connectivity index (χ1n) is 8.22. The Labute approximate surface area is 139 Å². The minimum atomic E-state index is -0.285. The molecule has 0 unspecified atom stereocenters. The van der Waals surface area contributed by atoms with E-state index in [2.05, 4.69) is 15.0 Å². The number of fused-ring (bicyclic) bond motifs is 1. The van der Waals surface area contributed by atoms with Crippen LogP contribution in [0.1, 0.15) is 12.8 Å².